The first-order valence-corrected chi connectivity index (χ1v) is 5.56. The van der Waals surface area contributed by atoms with Crippen LogP contribution in [0.1, 0.15) is 12.8 Å². The minimum Gasteiger partial charge on any atom is -0.278 e. The van der Waals surface area contributed by atoms with Crippen molar-refractivity contribution in [2.24, 2.45) is 10.3 Å². The zero-order valence-electron chi connectivity index (χ0n) is 7.86. The minimum absolute atomic E-state index is 0.895. The summed E-state index contributed by atoms with van der Waals surface area (Å²) in [4.78, 5) is 0. The first-order chi connectivity index (χ1) is 6.84. The molecule has 74 valence electrons. The van der Waals surface area contributed by atoms with Gasteiger partial charge in [-0.15, -0.1) is 5.11 Å². The molecule has 1 aromatic rings. The molecule has 1 aliphatic rings. The van der Waals surface area contributed by atoms with Crippen LogP contribution in [-0.2, 0) is 0 Å². The molecule has 0 amide bonds. The van der Waals surface area contributed by atoms with Gasteiger partial charge in [-0.1, -0.05) is 27.2 Å². The van der Waals surface area contributed by atoms with Crippen LogP contribution in [-0.4, -0.2) is 18.1 Å². The number of hydrogen-bond acceptors (Lipinski definition) is 2. The Bertz CT molecular complexity index is 332. The zero-order valence-corrected chi connectivity index (χ0v) is 9.44. The fraction of sp³-hybridized carbons (Fsp3) is 0.400. The summed E-state index contributed by atoms with van der Waals surface area (Å²) in [6.07, 6.45) is 2.47. The lowest BCUT2D eigenvalue weighted by Gasteiger charge is -2.06. The van der Waals surface area contributed by atoms with Gasteiger partial charge in [-0.3, -0.25) is 5.01 Å². The van der Waals surface area contributed by atoms with Crippen LogP contribution in [0.5, 0.6) is 0 Å². The predicted octanol–water partition coefficient (Wildman–Crippen LogP) is 3.54. The van der Waals surface area contributed by atoms with Gasteiger partial charge in [0.15, 0.2) is 0 Å². The lowest BCUT2D eigenvalue weighted by Crippen LogP contribution is -2.09. The van der Waals surface area contributed by atoms with E-state index in [1.807, 2.05) is 29.3 Å². The van der Waals surface area contributed by atoms with Gasteiger partial charge in [-0.25, -0.2) is 0 Å². The van der Waals surface area contributed by atoms with Gasteiger partial charge in [-0.05, 0) is 31.0 Å². The summed E-state index contributed by atoms with van der Waals surface area (Å²) in [6.45, 7) is 2.08. The smallest absolute Gasteiger partial charge is 0.0885 e. The van der Waals surface area contributed by atoms with Crippen molar-refractivity contribution in [3.05, 3.63) is 28.7 Å². The Balaban J connectivity index is 2.02. The maximum Gasteiger partial charge on any atom is 0.0885 e. The van der Waals surface area contributed by atoms with Crippen molar-refractivity contribution in [3.8, 4) is 0 Å². The molecule has 3 nitrogen and oxygen atoms in total. The van der Waals surface area contributed by atoms with Gasteiger partial charge in [-0.2, -0.15) is 0 Å². The van der Waals surface area contributed by atoms with Crippen LogP contribution < -0.4 is 0 Å². The van der Waals surface area contributed by atoms with Crippen molar-refractivity contribution in [2.45, 2.75) is 12.8 Å². The van der Waals surface area contributed by atoms with Gasteiger partial charge in [0.05, 0.1) is 5.69 Å². The van der Waals surface area contributed by atoms with E-state index in [1.54, 1.807) is 0 Å². The van der Waals surface area contributed by atoms with E-state index < -0.39 is 0 Å². The molecule has 14 heavy (non-hydrogen) atoms. The van der Waals surface area contributed by atoms with E-state index in [0.29, 0.717) is 0 Å². The van der Waals surface area contributed by atoms with Crippen LogP contribution in [0.4, 0.5) is 5.69 Å². The van der Waals surface area contributed by atoms with E-state index in [2.05, 4.69) is 26.3 Å². The van der Waals surface area contributed by atoms with E-state index >= 15 is 0 Å². The molecule has 0 atom stereocenters. The number of halogens is 1. The van der Waals surface area contributed by atoms with Gasteiger partial charge in [0.2, 0.25) is 0 Å². The van der Waals surface area contributed by atoms with Crippen LogP contribution in [0.15, 0.2) is 39.1 Å². The highest BCUT2D eigenvalue weighted by Gasteiger charge is 2.08. The molecule has 1 aromatic carbocycles. The highest BCUT2D eigenvalue weighted by molar-refractivity contribution is 9.10. The van der Waals surface area contributed by atoms with Crippen molar-refractivity contribution in [3.63, 3.8) is 0 Å². The van der Waals surface area contributed by atoms with E-state index in [0.717, 1.165) is 23.2 Å². The van der Waals surface area contributed by atoms with Crippen LogP contribution in [0.25, 0.3) is 0 Å². The maximum atomic E-state index is 4.17. The lowest BCUT2D eigenvalue weighted by molar-refractivity contribution is 0.336. The molecule has 2 rings (SSSR count). The van der Waals surface area contributed by atoms with Gasteiger partial charge in [0, 0.05) is 17.6 Å². The zero-order chi connectivity index (χ0) is 9.80. The first kappa shape index (κ1) is 9.65. The van der Waals surface area contributed by atoms with Crippen molar-refractivity contribution in [1.29, 1.82) is 0 Å². The Hall–Kier alpha value is -0.900. The first-order valence-electron chi connectivity index (χ1n) is 4.77. The van der Waals surface area contributed by atoms with Gasteiger partial charge in [0.1, 0.15) is 0 Å². The van der Waals surface area contributed by atoms with E-state index in [4.69, 9.17) is 0 Å². The maximum absolute atomic E-state index is 4.17. The number of hydrogen-bond donors (Lipinski definition) is 0. The van der Waals surface area contributed by atoms with Crippen LogP contribution in [0.2, 0.25) is 0 Å². The fourth-order valence-corrected chi connectivity index (χ4v) is 1.83. The van der Waals surface area contributed by atoms with Gasteiger partial charge in [0.25, 0.3) is 0 Å². The second-order valence-corrected chi connectivity index (χ2v) is 4.25. The summed E-state index contributed by atoms with van der Waals surface area (Å²) in [5.41, 5.74) is 0.895. The molecule has 0 N–H and O–H groups in total. The fourth-order valence-electron chi connectivity index (χ4n) is 1.44. The van der Waals surface area contributed by atoms with Crippen LogP contribution in [0, 0.1) is 0 Å². The average Bonchev–Trinajstić information content (AvgIpc) is 2.67. The predicted molar refractivity (Wildman–Crippen MR) is 59.5 cm³/mol. The SMILES string of the molecule is Brc1cccc(/N=N/N2CCCC2)c1. The largest absolute Gasteiger partial charge is 0.278 e. The molecule has 1 fully saturated rings. The molecular formula is C10H12BrN3. The summed E-state index contributed by atoms with van der Waals surface area (Å²) in [5, 5.41) is 10.4. The molecule has 0 aromatic heterocycles. The Labute approximate surface area is 91.9 Å². The Morgan fingerprint density at radius 1 is 1.21 bits per heavy atom. The van der Waals surface area contributed by atoms with Crippen molar-refractivity contribution in [2.75, 3.05) is 13.1 Å². The Morgan fingerprint density at radius 2 is 2.00 bits per heavy atom. The lowest BCUT2D eigenvalue weighted by atomic mass is 10.3. The highest BCUT2D eigenvalue weighted by atomic mass is 79.9. The standard InChI is InChI=1S/C10H12BrN3/c11-9-4-3-5-10(8-9)12-13-14-6-1-2-7-14/h3-5,8H,1-2,6-7H2/b13-12+. The van der Waals surface area contributed by atoms with Crippen molar-refractivity contribution < 1.29 is 0 Å². The van der Waals surface area contributed by atoms with Gasteiger partial charge >= 0.3 is 0 Å². The highest BCUT2D eigenvalue weighted by Crippen LogP contribution is 2.19. The summed E-state index contributed by atoms with van der Waals surface area (Å²) >= 11 is 3.40. The second-order valence-electron chi connectivity index (χ2n) is 3.33. The molecule has 0 radical (unpaired) electrons. The quantitative estimate of drug-likeness (QED) is 0.742. The molecule has 0 unspecified atom stereocenters. The Kier molecular flexibility index (Phi) is 3.14. The summed E-state index contributed by atoms with van der Waals surface area (Å²) in [6, 6.07) is 7.85. The van der Waals surface area contributed by atoms with Crippen molar-refractivity contribution >= 4 is 21.6 Å². The van der Waals surface area contributed by atoms with Crippen molar-refractivity contribution in [1.82, 2.24) is 5.01 Å². The van der Waals surface area contributed by atoms with E-state index in [9.17, 15) is 0 Å². The average molecular weight is 254 g/mol. The normalized spacial score (nSPS) is 16.8. The molecule has 4 heteroatoms. The third kappa shape index (κ3) is 2.54. The van der Waals surface area contributed by atoms with E-state index in [-0.39, 0.29) is 0 Å². The van der Waals surface area contributed by atoms with E-state index in [1.165, 1.54) is 12.8 Å². The molecule has 1 saturated heterocycles. The minimum atomic E-state index is 0.895. The molecule has 0 aliphatic carbocycles. The summed E-state index contributed by atoms with van der Waals surface area (Å²) in [5.74, 6) is 0. The Morgan fingerprint density at radius 3 is 2.71 bits per heavy atom. The van der Waals surface area contributed by atoms with Crippen LogP contribution >= 0.6 is 15.9 Å². The molecule has 0 spiro atoms. The summed E-state index contributed by atoms with van der Waals surface area (Å²) < 4.78 is 1.04. The summed E-state index contributed by atoms with van der Waals surface area (Å²) in [7, 11) is 0. The molecule has 1 heterocycles. The molecule has 0 bridgehead atoms. The van der Waals surface area contributed by atoms with Gasteiger partial charge < -0.3 is 0 Å². The monoisotopic (exact) mass is 253 g/mol. The molecule has 0 saturated carbocycles. The topological polar surface area (TPSA) is 28.0 Å². The number of nitrogens with zero attached hydrogens (tertiary/aromatic N) is 3. The number of benzene rings is 1. The second kappa shape index (κ2) is 4.55. The number of rotatable bonds is 2. The molecule has 1 aliphatic heterocycles. The molecular weight excluding hydrogens is 242 g/mol. The third-order valence-electron chi connectivity index (χ3n) is 2.18. The third-order valence-corrected chi connectivity index (χ3v) is 2.67. The van der Waals surface area contributed by atoms with Crippen LogP contribution in [0.3, 0.4) is 0 Å².